The van der Waals surface area contributed by atoms with Gasteiger partial charge in [0.05, 0.1) is 0 Å². The van der Waals surface area contributed by atoms with Gasteiger partial charge in [0.1, 0.15) is 7.85 Å². The Hall–Kier alpha value is 0.415. The summed E-state index contributed by atoms with van der Waals surface area (Å²) in [6, 6.07) is 0. The van der Waals surface area contributed by atoms with E-state index in [9.17, 15) is 0 Å². The highest BCUT2D eigenvalue weighted by molar-refractivity contribution is 7.82. The maximum Gasteiger partial charge on any atom is 0.111 e. The number of fused-ring (bicyclic) bond motifs is 9. The summed E-state index contributed by atoms with van der Waals surface area (Å²) in [4.78, 5) is 0. The van der Waals surface area contributed by atoms with E-state index in [-0.39, 0.29) is 10.1 Å². The van der Waals surface area contributed by atoms with E-state index in [1.165, 1.54) is 263 Å². The molecule has 0 spiro atoms. The Morgan fingerprint density at radius 1 is 0.327 bits per heavy atom. The van der Waals surface area contributed by atoms with Crippen LogP contribution in [0.4, 0.5) is 0 Å². The van der Waals surface area contributed by atoms with Gasteiger partial charge in [-0.2, -0.15) is 12.6 Å². The van der Waals surface area contributed by atoms with Gasteiger partial charge in [-0.3, -0.25) is 0 Å². The Kier molecular flexibility index (Phi) is 20.5. The average molecular weight is 739 g/mol. The van der Waals surface area contributed by atoms with Crippen LogP contribution in [0.3, 0.4) is 0 Å². The summed E-state index contributed by atoms with van der Waals surface area (Å²) in [7, 11) is 2.81. The van der Waals surface area contributed by atoms with E-state index in [1.807, 2.05) is 0 Å². The molecule has 0 amide bonds. The molecule has 0 aromatic carbocycles. The monoisotopic (exact) mass is 739 g/mol. The van der Waals surface area contributed by atoms with Crippen molar-refractivity contribution in [2.45, 2.75) is 294 Å². The van der Waals surface area contributed by atoms with Gasteiger partial charge < -0.3 is 0 Å². The highest BCUT2D eigenvalue weighted by Gasteiger charge is 2.58. The normalized spacial score (nSPS) is 37.9. The van der Waals surface area contributed by atoms with Crippen LogP contribution in [-0.2, 0) is 0 Å². The molecule has 52 heavy (non-hydrogen) atoms. The molecular formula is C50H95BS. The molecule has 5 atom stereocenters. The molecule has 0 aromatic heterocycles. The molecule has 0 aliphatic heterocycles. The van der Waals surface area contributed by atoms with Crippen molar-refractivity contribution < 1.29 is 0 Å². The van der Waals surface area contributed by atoms with E-state index >= 15 is 0 Å². The molecule has 0 N–H and O–H groups in total. The zero-order valence-corrected chi connectivity index (χ0v) is 37.4. The Morgan fingerprint density at radius 2 is 0.654 bits per heavy atom. The molecule has 4 saturated carbocycles. The van der Waals surface area contributed by atoms with Crippen molar-refractivity contribution in [3.63, 3.8) is 0 Å². The largest absolute Gasteiger partial charge is 0.173 e. The van der Waals surface area contributed by atoms with E-state index in [4.69, 9.17) is 12.6 Å². The lowest BCUT2D eigenvalue weighted by Gasteiger charge is -2.58. The van der Waals surface area contributed by atoms with Crippen molar-refractivity contribution in [3.05, 3.63) is 0 Å². The topological polar surface area (TPSA) is 0 Å². The Labute approximate surface area is 335 Å². The van der Waals surface area contributed by atoms with Crippen molar-refractivity contribution in [2.75, 3.05) is 0 Å². The van der Waals surface area contributed by atoms with Gasteiger partial charge in [0.15, 0.2) is 0 Å². The number of thiol groups is 1. The van der Waals surface area contributed by atoms with Crippen LogP contribution in [0.25, 0.3) is 0 Å². The van der Waals surface area contributed by atoms with Crippen LogP contribution in [0.15, 0.2) is 0 Å². The lowest BCUT2D eigenvalue weighted by Crippen LogP contribution is -2.48. The molecule has 4 aliphatic rings. The SMILES string of the molecule is BC12CCCCCCCCCCCCCCC(CCC1(C)S)C1(C3(C)CCCCCCCC3)CCCCCCCCCCCCCCCC2(C)CC1. The smallest absolute Gasteiger partial charge is 0.111 e. The van der Waals surface area contributed by atoms with Crippen LogP contribution >= 0.6 is 12.6 Å². The van der Waals surface area contributed by atoms with Gasteiger partial charge in [0.25, 0.3) is 0 Å². The molecule has 5 unspecified atom stereocenters. The first-order chi connectivity index (χ1) is 25.2. The molecule has 4 bridgehead atoms. The summed E-state index contributed by atoms with van der Waals surface area (Å²) < 4.78 is 0.0926. The first kappa shape index (κ1) is 45.1. The van der Waals surface area contributed by atoms with Crippen LogP contribution in [0.2, 0.25) is 5.31 Å². The predicted molar refractivity (Wildman–Crippen MR) is 240 cm³/mol. The van der Waals surface area contributed by atoms with Gasteiger partial charge in [-0.15, -0.1) is 0 Å². The van der Waals surface area contributed by atoms with Crippen molar-refractivity contribution >= 4 is 20.5 Å². The number of hydrogen-bond acceptors (Lipinski definition) is 1. The van der Waals surface area contributed by atoms with E-state index in [0.29, 0.717) is 16.2 Å². The van der Waals surface area contributed by atoms with Crippen molar-refractivity contribution in [2.24, 2.45) is 22.2 Å². The minimum atomic E-state index is 0.0926. The molecule has 4 rings (SSSR count). The summed E-state index contributed by atoms with van der Waals surface area (Å²) >= 11 is 5.97. The van der Waals surface area contributed by atoms with Crippen molar-refractivity contribution in [3.8, 4) is 0 Å². The Bertz CT molecular complexity index is 917. The molecule has 2 heteroatoms. The fraction of sp³-hybridized carbons (Fsp3) is 1.00. The standard InChI is InChI=1S/C50H95BS/c1-46(37-30-24-21-22-25-31-38-46)49-40-33-27-19-15-11-7-4-6-10-14-18-26-32-39-47(2,43-44-49)50(51)41-34-28-20-16-12-8-5-9-13-17-23-29-35-45(49)36-42-48(50,3)52/h45,52H,4-44,51H2,1-3H3. The van der Waals surface area contributed by atoms with E-state index in [2.05, 4.69) is 28.6 Å². The zero-order chi connectivity index (χ0) is 37.1. The first-order valence-electron chi connectivity index (χ1n) is 24.9. The summed E-state index contributed by atoms with van der Waals surface area (Å²) in [5.41, 5.74) is 1.35. The summed E-state index contributed by atoms with van der Waals surface area (Å²) in [5.74, 6) is 0.882. The van der Waals surface area contributed by atoms with Gasteiger partial charge >= 0.3 is 0 Å². The molecule has 304 valence electrons. The van der Waals surface area contributed by atoms with Crippen LogP contribution in [0, 0.1) is 22.2 Å². The predicted octanol–water partition coefficient (Wildman–Crippen LogP) is 17.1. The molecule has 4 fully saturated rings. The highest BCUT2D eigenvalue weighted by atomic mass is 32.1. The second kappa shape index (κ2) is 23.6. The molecule has 0 radical (unpaired) electrons. The first-order valence-corrected chi connectivity index (χ1v) is 25.4. The van der Waals surface area contributed by atoms with Gasteiger partial charge in [-0.25, -0.2) is 0 Å². The van der Waals surface area contributed by atoms with Crippen LogP contribution in [0.1, 0.15) is 284 Å². The Balaban J connectivity index is 1.79. The second-order valence-electron chi connectivity index (χ2n) is 21.1. The quantitative estimate of drug-likeness (QED) is 0.201. The lowest BCUT2D eigenvalue weighted by molar-refractivity contribution is -0.0612. The number of rotatable bonds is 1. The average Bonchev–Trinajstić information content (AvgIpc) is 3.24. The van der Waals surface area contributed by atoms with Gasteiger partial charge in [0, 0.05) is 4.75 Å². The third-order valence-corrected chi connectivity index (χ3v) is 18.4. The summed E-state index contributed by atoms with van der Waals surface area (Å²) in [6.45, 7) is 8.43. The van der Waals surface area contributed by atoms with Crippen molar-refractivity contribution in [1.29, 1.82) is 0 Å². The summed E-state index contributed by atoms with van der Waals surface area (Å²) in [6.07, 6.45) is 60.5. The fourth-order valence-electron chi connectivity index (χ4n) is 13.4. The molecule has 0 nitrogen and oxygen atoms in total. The fourth-order valence-corrected chi connectivity index (χ4v) is 13.9. The molecular weight excluding hydrogens is 643 g/mol. The van der Waals surface area contributed by atoms with Crippen LogP contribution < -0.4 is 0 Å². The molecule has 0 saturated heterocycles. The van der Waals surface area contributed by atoms with Gasteiger partial charge in [0.2, 0.25) is 0 Å². The third kappa shape index (κ3) is 13.0. The minimum Gasteiger partial charge on any atom is -0.173 e. The van der Waals surface area contributed by atoms with Crippen molar-refractivity contribution in [1.82, 2.24) is 0 Å². The van der Waals surface area contributed by atoms with Gasteiger partial charge in [-0.1, -0.05) is 226 Å². The van der Waals surface area contributed by atoms with Gasteiger partial charge in [-0.05, 0) is 85.3 Å². The molecule has 0 aromatic rings. The maximum absolute atomic E-state index is 5.97. The zero-order valence-electron chi connectivity index (χ0n) is 36.5. The van der Waals surface area contributed by atoms with Crippen LogP contribution in [-0.4, -0.2) is 12.6 Å². The highest BCUT2D eigenvalue weighted by Crippen LogP contribution is 2.68. The minimum absolute atomic E-state index is 0.0926. The van der Waals surface area contributed by atoms with Crippen LogP contribution in [0.5, 0.6) is 0 Å². The summed E-state index contributed by atoms with van der Waals surface area (Å²) in [5, 5.41) is 0.282. The second-order valence-corrected chi connectivity index (χ2v) is 22.1. The van der Waals surface area contributed by atoms with E-state index in [1.54, 1.807) is 0 Å². The third-order valence-electron chi connectivity index (χ3n) is 17.6. The maximum atomic E-state index is 5.97. The van der Waals surface area contributed by atoms with E-state index < -0.39 is 0 Å². The lowest BCUT2D eigenvalue weighted by atomic mass is 9.42. The number of hydrogen-bond donors (Lipinski definition) is 1. The molecule has 0 heterocycles. The van der Waals surface area contributed by atoms with E-state index in [0.717, 1.165) is 5.92 Å². The Morgan fingerprint density at radius 3 is 1.08 bits per heavy atom. The molecule has 4 aliphatic carbocycles.